The number of benzene rings is 2. The summed E-state index contributed by atoms with van der Waals surface area (Å²) in [5.41, 5.74) is 2.41. The monoisotopic (exact) mass is 465 g/mol. The number of aliphatic hydroxyl groups excluding tert-OH is 1. The maximum Gasteiger partial charge on any atom is 0.295 e. The minimum atomic E-state index is -0.678. The van der Waals surface area contributed by atoms with Crippen LogP contribution in [-0.2, 0) is 9.59 Å². The van der Waals surface area contributed by atoms with E-state index in [4.69, 9.17) is 9.47 Å². The molecule has 1 atom stereocenters. The summed E-state index contributed by atoms with van der Waals surface area (Å²) in [6.07, 6.45) is 1.65. The molecule has 34 heavy (non-hydrogen) atoms. The van der Waals surface area contributed by atoms with Crippen molar-refractivity contribution in [2.75, 3.05) is 19.8 Å². The molecule has 2 aromatic carbocycles. The Kier molecular flexibility index (Phi) is 8.37. The van der Waals surface area contributed by atoms with Gasteiger partial charge in [0.05, 0.1) is 30.4 Å². The molecular formula is C28H35NO5. The first-order chi connectivity index (χ1) is 16.3. The minimum absolute atomic E-state index is 0.0866. The van der Waals surface area contributed by atoms with Gasteiger partial charge in [0.25, 0.3) is 11.7 Å². The molecule has 1 N–H and O–H groups in total. The number of hydrogen-bond acceptors (Lipinski definition) is 5. The minimum Gasteiger partial charge on any atom is -0.507 e. The second kappa shape index (κ2) is 11.2. The molecule has 1 heterocycles. The van der Waals surface area contributed by atoms with Gasteiger partial charge in [-0.1, -0.05) is 51.5 Å². The van der Waals surface area contributed by atoms with E-state index < -0.39 is 17.7 Å². The Morgan fingerprint density at radius 2 is 1.68 bits per heavy atom. The van der Waals surface area contributed by atoms with Gasteiger partial charge in [-0.3, -0.25) is 9.59 Å². The van der Waals surface area contributed by atoms with E-state index in [1.165, 1.54) is 5.56 Å². The Morgan fingerprint density at radius 3 is 2.26 bits per heavy atom. The predicted octanol–water partition coefficient (Wildman–Crippen LogP) is 5.83. The maximum atomic E-state index is 13.2. The number of ether oxygens (including phenoxy) is 2. The lowest BCUT2D eigenvalue weighted by Gasteiger charge is -2.25. The molecule has 1 saturated heterocycles. The molecule has 0 aromatic heterocycles. The number of Topliss-reactive ketones (excluding diaryl/α,β-unsaturated/α-hetero) is 1. The van der Waals surface area contributed by atoms with Gasteiger partial charge in [-0.05, 0) is 49.4 Å². The largest absolute Gasteiger partial charge is 0.507 e. The number of rotatable bonds is 10. The van der Waals surface area contributed by atoms with Gasteiger partial charge >= 0.3 is 0 Å². The third-order valence-electron chi connectivity index (χ3n) is 6.03. The Morgan fingerprint density at radius 1 is 1.00 bits per heavy atom. The normalized spacial score (nSPS) is 17.5. The van der Waals surface area contributed by atoms with E-state index in [1.54, 1.807) is 23.1 Å². The molecule has 182 valence electrons. The molecule has 1 unspecified atom stereocenters. The SMILES string of the molecule is CCCCN1C(=O)C(=O)/C(=C(\O)c2ccc(OCC)cc2OCC)C1c1ccc(C(C)C)cc1. The van der Waals surface area contributed by atoms with Crippen molar-refractivity contribution in [3.8, 4) is 11.5 Å². The van der Waals surface area contributed by atoms with Crippen molar-refractivity contribution < 1.29 is 24.2 Å². The van der Waals surface area contributed by atoms with E-state index in [2.05, 4.69) is 13.8 Å². The summed E-state index contributed by atoms with van der Waals surface area (Å²) in [5.74, 6) is -0.133. The molecule has 1 aliphatic heterocycles. The number of aliphatic hydroxyl groups is 1. The molecule has 2 aromatic rings. The second-order valence-corrected chi connectivity index (χ2v) is 8.69. The number of likely N-dealkylation sites (tertiary alicyclic amines) is 1. The summed E-state index contributed by atoms with van der Waals surface area (Å²) in [7, 11) is 0. The zero-order valence-electron chi connectivity index (χ0n) is 20.8. The highest BCUT2D eigenvalue weighted by atomic mass is 16.5. The van der Waals surface area contributed by atoms with Crippen LogP contribution in [0.2, 0.25) is 0 Å². The highest BCUT2D eigenvalue weighted by molar-refractivity contribution is 6.46. The molecule has 6 heteroatoms. The van der Waals surface area contributed by atoms with Crippen molar-refractivity contribution in [2.45, 2.75) is 59.4 Å². The molecule has 0 spiro atoms. The van der Waals surface area contributed by atoms with Crippen LogP contribution in [0.5, 0.6) is 11.5 Å². The van der Waals surface area contributed by atoms with E-state index in [1.807, 2.05) is 45.0 Å². The molecule has 0 aliphatic carbocycles. The van der Waals surface area contributed by atoms with Crippen molar-refractivity contribution in [1.82, 2.24) is 4.90 Å². The van der Waals surface area contributed by atoms with E-state index in [9.17, 15) is 14.7 Å². The summed E-state index contributed by atoms with van der Waals surface area (Å²) in [5, 5.41) is 11.4. The Hall–Kier alpha value is -3.28. The smallest absolute Gasteiger partial charge is 0.295 e. The number of amides is 1. The fraction of sp³-hybridized carbons (Fsp3) is 0.429. The van der Waals surface area contributed by atoms with Gasteiger partial charge < -0.3 is 19.5 Å². The number of carbonyl (C=O) groups is 2. The molecular weight excluding hydrogens is 430 g/mol. The lowest BCUT2D eigenvalue weighted by molar-refractivity contribution is -0.139. The Balaban J connectivity index is 2.17. The fourth-order valence-corrected chi connectivity index (χ4v) is 4.22. The Labute approximate surface area is 202 Å². The van der Waals surface area contributed by atoms with Crippen LogP contribution in [-0.4, -0.2) is 41.5 Å². The van der Waals surface area contributed by atoms with E-state index in [0.29, 0.717) is 42.7 Å². The van der Waals surface area contributed by atoms with Gasteiger partial charge in [-0.2, -0.15) is 0 Å². The third-order valence-corrected chi connectivity index (χ3v) is 6.03. The first-order valence-corrected chi connectivity index (χ1v) is 12.1. The third kappa shape index (κ3) is 5.11. The van der Waals surface area contributed by atoms with E-state index in [-0.39, 0.29) is 11.3 Å². The number of ketones is 1. The van der Waals surface area contributed by atoms with Gasteiger partial charge in [0.15, 0.2) is 0 Å². The van der Waals surface area contributed by atoms with E-state index >= 15 is 0 Å². The molecule has 6 nitrogen and oxygen atoms in total. The fourth-order valence-electron chi connectivity index (χ4n) is 4.22. The topological polar surface area (TPSA) is 76.1 Å². The van der Waals surface area contributed by atoms with Crippen LogP contribution in [0.4, 0.5) is 0 Å². The predicted molar refractivity (Wildman–Crippen MR) is 133 cm³/mol. The van der Waals surface area contributed by atoms with Gasteiger partial charge in [-0.25, -0.2) is 0 Å². The molecule has 0 bridgehead atoms. The van der Waals surface area contributed by atoms with Crippen molar-refractivity contribution in [3.05, 3.63) is 64.7 Å². The Bertz CT molecular complexity index is 1050. The van der Waals surface area contributed by atoms with Gasteiger partial charge in [0.1, 0.15) is 17.3 Å². The van der Waals surface area contributed by atoms with Crippen molar-refractivity contribution in [2.24, 2.45) is 0 Å². The lowest BCUT2D eigenvalue weighted by Crippen LogP contribution is -2.30. The maximum absolute atomic E-state index is 13.2. The van der Waals surface area contributed by atoms with Crippen LogP contribution in [0.1, 0.15) is 76.1 Å². The van der Waals surface area contributed by atoms with Crippen LogP contribution >= 0.6 is 0 Å². The molecule has 3 rings (SSSR count). The van der Waals surface area contributed by atoms with Gasteiger partial charge in [0.2, 0.25) is 0 Å². The summed E-state index contributed by atoms with van der Waals surface area (Å²) in [6, 6.07) is 12.4. The van der Waals surface area contributed by atoms with Crippen molar-refractivity contribution >= 4 is 17.4 Å². The van der Waals surface area contributed by atoms with Gasteiger partial charge in [-0.15, -0.1) is 0 Å². The highest BCUT2D eigenvalue weighted by Gasteiger charge is 2.46. The molecule has 0 saturated carbocycles. The summed E-state index contributed by atoms with van der Waals surface area (Å²) >= 11 is 0. The molecule has 1 aliphatic rings. The number of carbonyl (C=O) groups excluding carboxylic acids is 2. The van der Waals surface area contributed by atoms with Crippen LogP contribution in [0.25, 0.3) is 5.76 Å². The summed E-state index contributed by atoms with van der Waals surface area (Å²) < 4.78 is 11.3. The number of nitrogens with zero attached hydrogens (tertiary/aromatic N) is 1. The van der Waals surface area contributed by atoms with Crippen LogP contribution in [0, 0.1) is 0 Å². The van der Waals surface area contributed by atoms with Crippen molar-refractivity contribution in [3.63, 3.8) is 0 Å². The van der Waals surface area contributed by atoms with Crippen LogP contribution in [0.15, 0.2) is 48.0 Å². The molecule has 1 fully saturated rings. The zero-order valence-corrected chi connectivity index (χ0v) is 20.8. The number of unbranched alkanes of at least 4 members (excludes halogenated alkanes) is 1. The average Bonchev–Trinajstić information content (AvgIpc) is 3.08. The summed E-state index contributed by atoms with van der Waals surface area (Å²) in [6.45, 7) is 11.3. The molecule has 0 radical (unpaired) electrons. The van der Waals surface area contributed by atoms with Crippen molar-refractivity contribution in [1.29, 1.82) is 0 Å². The zero-order chi connectivity index (χ0) is 24.8. The quantitative estimate of drug-likeness (QED) is 0.271. The van der Waals surface area contributed by atoms with Crippen LogP contribution in [0.3, 0.4) is 0 Å². The van der Waals surface area contributed by atoms with Gasteiger partial charge in [0, 0.05) is 12.6 Å². The second-order valence-electron chi connectivity index (χ2n) is 8.69. The highest BCUT2D eigenvalue weighted by Crippen LogP contribution is 2.42. The lowest BCUT2D eigenvalue weighted by atomic mass is 9.93. The summed E-state index contributed by atoms with van der Waals surface area (Å²) in [4.78, 5) is 27.8. The standard InChI is InChI=1S/C28H35NO5/c1-6-9-16-29-25(20-12-10-19(11-13-20)18(4)5)24(27(31)28(29)32)26(30)22-15-14-21(33-7-2)17-23(22)34-8-3/h10-15,17-18,25,30H,6-9,16H2,1-5H3/b26-24-. The van der Waals surface area contributed by atoms with E-state index in [0.717, 1.165) is 18.4 Å². The van der Waals surface area contributed by atoms with Crippen LogP contribution < -0.4 is 9.47 Å². The first kappa shape index (κ1) is 25.3. The number of hydrogen-bond donors (Lipinski definition) is 1. The molecule has 1 amide bonds. The first-order valence-electron chi connectivity index (χ1n) is 12.1. The average molecular weight is 466 g/mol.